The van der Waals surface area contributed by atoms with Crippen LogP contribution in [-0.4, -0.2) is 37.7 Å². The second kappa shape index (κ2) is 9.97. The largest absolute Gasteiger partial charge is 0.468 e. The Morgan fingerprint density at radius 1 is 1.30 bits per heavy atom. The lowest BCUT2D eigenvalue weighted by Crippen LogP contribution is -2.36. The molecular formula is C16H30N2O2. The van der Waals surface area contributed by atoms with E-state index in [9.17, 15) is 0 Å². The maximum Gasteiger partial charge on any atom is 0.118 e. The van der Waals surface area contributed by atoms with Crippen LogP contribution in [0.1, 0.15) is 44.9 Å². The highest BCUT2D eigenvalue weighted by Gasteiger charge is 2.16. The predicted molar refractivity (Wildman–Crippen MR) is 82.7 cm³/mol. The van der Waals surface area contributed by atoms with E-state index in [2.05, 4.69) is 37.1 Å². The van der Waals surface area contributed by atoms with Gasteiger partial charge in [0.1, 0.15) is 5.76 Å². The molecule has 0 bridgehead atoms. The van der Waals surface area contributed by atoms with Crippen LogP contribution in [0.2, 0.25) is 0 Å². The zero-order valence-electron chi connectivity index (χ0n) is 13.4. The van der Waals surface area contributed by atoms with Gasteiger partial charge in [-0.25, -0.2) is 0 Å². The molecule has 0 spiro atoms. The number of furan rings is 1. The van der Waals surface area contributed by atoms with Crippen molar-refractivity contribution in [1.82, 2.24) is 10.2 Å². The summed E-state index contributed by atoms with van der Waals surface area (Å²) in [5, 5.41) is 3.32. The monoisotopic (exact) mass is 282 g/mol. The van der Waals surface area contributed by atoms with Crippen molar-refractivity contribution in [3.8, 4) is 0 Å². The summed E-state index contributed by atoms with van der Waals surface area (Å²) < 4.78 is 10.9. The smallest absolute Gasteiger partial charge is 0.118 e. The maximum absolute atomic E-state index is 5.69. The molecular weight excluding hydrogens is 252 g/mol. The molecule has 0 fully saturated rings. The first-order chi connectivity index (χ1) is 9.74. The molecule has 1 heterocycles. The minimum Gasteiger partial charge on any atom is -0.468 e. The number of hydrogen-bond acceptors (Lipinski definition) is 4. The second-order valence-electron chi connectivity index (χ2n) is 5.14. The van der Waals surface area contributed by atoms with Gasteiger partial charge in [-0.15, -0.1) is 0 Å². The summed E-state index contributed by atoms with van der Waals surface area (Å²) in [5.74, 6) is 1.04. The number of nitrogens with zero attached hydrogens (tertiary/aromatic N) is 1. The summed E-state index contributed by atoms with van der Waals surface area (Å²) in [7, 11) is 1.76. The molecule has 0 saturated heterocycles. The van der Waals surface area contributed by atoms with Gasteiger partial charge in [0.2, 0.25) is 0 Å². The highest BCUT2D eigenvalue weighted by atomic mass is 16.5. The van der Waals surface area contributed by atoms with E-state index in [0.717, 1.165) is 51.4 Å². The van der Waals surface area contributed by atoms with Gasteiger partial charge in [0.25, 0.3) is 0 Å². The van der Waals surface area contributed by atoms with Gasteiger partial charge in [0.05, 0.1) is 19.4 Å². The Hall–Kier alpha value is -0.840. The van der Waals surface area contributed by atoms with Crippen LogP contribution in [0, 0.1) is 0 Å². The SMILES string of the molecule is CCNCc1coc(CN(CCOC)C(CC)CC)c1. The van der Waals surface area contributed by atoms with Crippen LogP contribution in [-0.2, 0) is 17.8 Å². The number of rotatable bonds is 11. The summed E-state index contributed by atoms with van der Waals surface area (Å²) in [6.07, 6.45) is 4.18. The van der Waals surface area contributed by atoms with Crippen molar-refractivity contribution >= 4 is 0 Å². The van der Waals surface area contributed by atoms with E-state index in [0.29, 0.717) is 6.04 Å². The van der Waals surface area contributed by atoms with E-state index >= 15 is 0 Å². The Bertz CT molecular complexity index is 348. The lowest BCUT2D eigenvalue weighted by atomic mass is 10.1. The predicted octanol–water partition coefficient (Wildman–Crippen LogP) is 3.03. The van der Waals surface area contributed by atoms with Crippen molar-refractivity contribution < 1.29 is 9.15 Å². The Morgan fingerprint density at radius 2 is 2.05 bits per heavy atom. The van der Waals surface area contributed by atoms with Gasteiger partial charge < -0.3 is 14.5 Å². The van der Waals surface area contributed by atoms with E-state index in [1.807, 2.05) is 6.26 Å². The Balaban J connectivity index is 2.60. The molecule has 0 aliphatic rings. The van der Waals surface area contributed by atoms with Crippen molar-refractivity contribution in [2.24, 2.45) is 0 Å². The molecule has 0 unspecified atom stereocenters. The zero-order chi connectivity index (χ0) is 14.8. The van der Waals surface area contributed by atoms with Gasteiger partial charge in [0, 0.05) is 31.8 Å². The minimum absolute atomic E-state index is 0.590. The van der Waals surface area contributed by atoms with E-state index in [-0.39, 0.29) is 0 Å². The first-order valence-electron chi connectivity index (χ1n) is 7.75. The van der Waals surface area contributed by atoms with Crippen molar-refractivity contribution in [2.45, 2.75) is 52.7 Å². The summed E-state index contributed by atoms with van der Waals surface area (Å²) in [6, 6.07) is 2.75. The van der Waals surface area contributed by atoms with Crippen LogP contribution in [0.25, 0.3) is 0 Å². The topological polar surface area (TPSA) is 37.6 Å². The fraction of sp³-hybridized carbons (Fsp3) is 0.750. The van der Waals surface area contributed by atoms with Gasteiger partial charge >= 0.3 is 0 Å². The highest BCUT2D eigenvalue weighted by molar-refractivity contribution is 5.12. The highest BCUT2D eigenvalue weighted by Crippen LogP contribution is 2.15. The number of nitrogens with one attached hydrogen (secondary N) is 1. The van der Waals surface area contributed by atoms with E-state index in [1.54, 1.807) is 7.11 Å². The minimum atomic E-state index is 0.590. The third-order valence-electron chi connectivity index (χ3n) is 3.69. The molecule has 0 radical (unpaired) electrons. The van der Waals surface area contributed by atoms with Gasteiger partial charge in [-0.05, 0) is 25.5 Å². The molecule has 0 saturated carbocycles. The van der Waals surface area contributed by atoms with E-state index in [1.165, 1.54) is 5.56 Å². The maximum atomic E-state index is 5.69. The number of hydrogen-bond donors (Lipinski definition) is 1. The Kier molecular flexibility index (Phi) is 8.58. The third kappa shape index (κ3) is 5.65. The summed E-state index contributed by atoms with van der Waals surface area (Å²) >= 11 is 0. The Labute approximate surface area is 123 Å². The molecule has 20 heavy (non-hydrogen) atoms. The summed E-state index contributed by atoms with van der Waals surface area (Å²) in [4.78, 5) is 2.46. The second-order valence-corrected chi connectivity index (χ2v) is 5.14. The fourth-order valence-corrected chi connectivity index (χ4v) is 2.48. The zero-order valence-corrected chi connectivity index (χ0v) is 13.4. The van der Waals surface area contributed by atoms with Crippen LogP contribution in [0.15, 0.2) is 16.7 Å². The normalized spacial score (nSPS) is 11.7. The van der Waals surface area contributed by atoms with Crippen molar-refractivity contribution in [2.75, 3.05) is 26.8 Å². The lowest BCUT2D eigenvalue weighted by molar-refractivity contribution is 0.104. The third-order valence-corrected chi connectivity index (χ3v) is 3.69. The molecule has 1 rings (SSSR count). The average molecular weight is 282 g/mol. The fourth-order valence-electron chi connectivity index (χ4n) is 2.48. The molecule has 4 heteroatoms. The van der Waals surface area contributed by atoms with Crippen LogP contribution < -0.4 is 5.32 Å². The van der Waals surface area contributed by atoms with Crippen LogP contribution in [0.5, 0.6) is 0 Å². The first-order valence-corrected chi connectivity index (χ1v) is 7.75. The molecule has 1 N–H and O–H groups in total. The van der Waals surface area contributed by atoms with Gasteiger partial charge in [-0.2, -0.15) is 0 Å². The molecule has 0 aliphatic heterocycles. The molecule has 0 aliphatic carbocycles. The summed E-state index contributed by atoms with van der Waals surface area (Å²) in [6.45, 7) is 11.0. The molecule has 0 amide bonds. The van der Waals surface area contributed by atoms with Crippen LogP contribution in [0.4, 0.5) is 0 Å². The van der Waals surface area contributed by atoms with Crippen molar-refractivity contribution in [1.29, 1.82) is 0 Å². The van der Waals surface area contributed by atoms with E-state index < -0.39 is 0 Å². The average Bonchev–Trinajstić information content (AvgIpc) is 2.91. The van der Waals surface area contributed by atoms with E-state index in [4.69, 9.17) is 9.15 Å². The molecule has 116 valence electrons. The van der Waals surface area contributed by atoms with Crippen molar-refractivity contribution in [3.63, 3.8) is 0 Å². The lowest BCUT2D eigenvalue weighted by Gasteiger charge is -2.29. The molecule has 0 aromatic carbocycles. The summed E-state index contributed by atoms with van der Waals surface area (Å²) in [5.41, 5.74) is 1.22. The van der Waals surface area contributed by atoms with Gasteiger partial charge in [0.15, 0.2) is 0 Å². The van der Waals surface area contributed by atoms with Gasteiger partial charge in [-0.1, -0.05) is 20.8 Å². The molecule has 1 aromatic heterocycles. The molecule has 4 nitrogen and oxygen atoms in total. The first kappa shape index (κ1) is 17.2. The number of methoxy groups -OCH3 is 1. The quantitative estimate of drug-likeness (QED) is 0.677. The molecule has 0 atom stereocenters. The van der Waals surface area contributed by atoms with Crippen LogP contribution >= 0.6 is 0 Å². The Morgan fingerprint density at radius 3 is 2.65 bits per heavy atom. The molecule has 1 aromatic rings. The number of ether oxygens (including phenoxy) is 1. The van der Waals surface area contributed by atoms with Crippen LogP contribution in [0.3, 0.4) is 0 Å². The van der Waals surface area contributed by atoms with Crippen molar-refractivity contribution in [3.05, 3.63) is 23.7 Å². The van der Waals surface area contributed by atoms with Gasteiger partial charge in [-0.3, -0.25) is 4.90 Å². The standard InChI is InChI=1S/C16H30N2O2/c1-5-15(6-2)18(8-9-19-4)12-16-10-14(13-20-16)11-17-7-3/h10,13,15,17H,5-9,11-12H2,1-4H3.